The Morgan fingerprint density at radius 3 is 3.00 bits per heavy atom. The van der Waals surface area contributed by atoms with Gasteiger partial charge < -0.3 is 10.0 Å². The SMILES string of the molecule is C#CCCCN1CCCCC1CCC(=O)O. The summed E-state index contributed by atoms with van der Waals surface area (Å²) in [5.41, 5.74) is 0. The molecule has 1 atom stereocenters. The van der Waals surface area contributed by atoms with Crippen LogP contribution < -0.4 is 0 Å². The zero-order valence-corrected chi connectivity index (χ0v) is 9.82. The number of rotatable bonds is 6. The minimum absolute atomic E-state index is 0.288. The van der Waals surface area contributed by atoms with Gasteiger partial charge in [0.15, 0.2) is 0 Å². The average Bonchev–Trinajstić information content (AvgIpc) is 2.28. The summed E-state index contributed by atoms with van der Waals surface area (Å²) < 4.78 is 0. The molecule has 0 aliphatic carbocycles. The summed E-state index contributed by atoms with van der Waals surface area (Å²) in [6.07, 6.45) is 11.8. The summed E-state index contributed by atoms with van der Waals surface area (Å²) in [6, 6.07) is 0.461. The van der Waals surface area contributed by atoms with Crippen LogP contribution in [0.5, 0.6) is 0 Å². The number of nitrogens with zero attached hydrogens (tertiary/aromatic N) is 1. The predicted molar refractivity (Wildman–Crippen MR) is 64.1 cm³/mol. The molecule has 0 bridgehead atoms. The van der Waals surface area contributed by atoms with E-state index in [4.69, 9.17) is 11.5 Å². The number of terminal acetylenes is 1. The molecule has 0 aromatic heterocycles. The highest BCUT2D eigenvalue weighted by Gasteiger charge is 2.22. The minimum Gasteiger partial charge on any atom is -0.481 e. The van der Waals surface area contributed by atoms with Gasteiger partial charge in [-0.25, -0.2) is 0 Å². The van der Waals surface area contributed by atoms with Crippen LogP contribution in [0.15, 0.2) is 0 Å². The number of carbonyl (C=O) groups is 1. The van der Waals surface area contributed by atoms with Gasteiger partial charge in [-0.3, -0.25) is 4.79 Å². The molecule has 0 amide bonds. The van der Waals surface area contributed by atoms with E-state index in [1.165, 1.54) is 12.8 Å². The summed E-state index contributed by atoms with van der Waals surface area (Å²) in [5.74, 6) is 1.97. The van der Waals surface area contributed by atoms with Crippen LogP contribution >= 0.6 is 0 Å². The predicted octanol–water partition coefficient (Wildman–Crippen LogP) is 2.12. The Kier molecular flexibility index (Phi) is 5.95. The Morgan fingerprint density at radius 2 is 2.31 bits per heavy atom. The second-order valence-corrected chi connectivity index (χ2v) is 4.43. The van der Waals surface area contributed by atoms with Gasteiger partial charge in [-0.05, 0) is 38.8 Å². The molecule has 1 aliphatic heterocycles. The van der Waals surface area contributed by atoms with Gasteiger partial charge >= 0.3 is 5.97 Å². The van der Waals surface area contributed by atoms with Gasteiger partial charge in [0.2, 0.25) is 0 Å². The van der Waals surface area contributed by atoms with E-state index in [9.17, 15) is 4.79 Å². The van der Waals surface area contributed by atoms with Crippen LogP contribution in [0.25, 0.3) is 0 Å². The van der Waals surface area contributed by atoms with Crippen LogP contribution in [0.3, 0.4) is 0 Å². The van der Waals surface area contributed by atoms with E-state index in [1.54, 1.807) is 0 Å². The number of likely N-dealkylation sites (tertiary alicyclic amines) is 1. The summed E-state index contributed by atoms with van der Waals surface area (Å²) >= 11 is 0. The van der Waals surface area contributed by atoms with E-state index in [0.717, 1.165) is 38.8 Å². The zero-order chi connectivity index (χ0) is 11.8. The molecule has 1 saturated heterocycles. The Hall–Kier alpha value is -1.01. The Morgan fingerprint density at radius 1 is 1.50 bits per heavy atom. The highest BCUT2D eigenvalue weighted by Crippen LogP contribution is 2.21. The van der Waals surface area contributed by atoms with Crippen molar-refractivity contribution in [3.63, 3.8) is 0 Å². The molecule has 0 spiro atoms. The number of aliphatic carboxylic acids is 1. The minimum atomic E-state index is -0.686. The lowest BCUT2D eigenvalue weighted by atomic mass is 9.97. The lowest BCUT2D eigenvalue weighted by Gasteiger charge is -2.35. The van der Waals surface area contributed by atoms with Crippen molar-refractivity contribution >= 4 is 5.97 Å². The van der Waals surface area contributed by atoms with Crippen molar-refractivity contribution in [2.75, 3.05) is 13.1 Å². The number of piperidine rings is 1. The average molecular weight is 223 g/mol. The van der Waals surface area contributed by atoms with Crippen molar-refractivity contribution < 1.29 is 9.90 Å². The van der Waals surface area contributed by atoms with Gasteiger partial charge in [0, 0.05) is 18.9 Å². The van der Waals surface area contributed by atoms with E-state index in [0.29, 0.717) is 6.04 Å². The van der Waals surface area contributed by atoms with E-state index in [-0.39, 0.29) is 6.42 Å². The summed E-state index contributed by atoms with van der Waals surface area (Å²) in [7, 11) is 0. The van der Waals surface area contributed by atoms with Gasteiger partial charge in [0.1, 0.15) is 0 Å². The van der Waals surface area contributed by atoms with Gasteiger partial charge in [-0.1, -0.05) is 6.42 Å². The molecular formula is C13H21NO2. The summed E-state index contributed by atoms with van der Waals surface area (Å²) in [4.78, 5) is 13.0. The van der Waals surface area contributed by atoms with Gasteiger partial charge in [-0.15, -0.1) is 12.3 Å². The first-order chi connectivity index (χ1) is 7.74. The van der Waals surface area contributed by atoms with Crippen molar-refractivity contribution in [1.29, 1.82) is 0 Å². The monoisotopic (exact) mass is 223 g/mol. The number of hydrogen-bond donors (Lipinski definition) is 1. The third-order valence-corrected chi connectivity index (χ3v) is 3.21. The molecule has 1 unspecified atom stereocenters. The van der Waals surface area contributed by atoms with Crippen LogP contribution in [-0.4, -0.2) is 35.1 Å². The Bertz CT molecular complexity index is 257. The molecule has 3 nitrogen and oxygen atoms in total. The molecule has 0 saturated carbocycles. The van der Waals surface area contributed by atoms with Crippen molar-refractivity contribution in [3.05, 3.63) is 0 Å². The largest absolute Gasteiger partial charge is 0.481 e. The molecule has 90 valence electrons. The third kappa shape index (κ3) is 4.67. The summed E-state index contributed by atoms with van der Waals surface area (Å²) in [6.45, 7) is 2.13. The fraction of sp³-hybridized carbons (Fsp3) is 0.769. The molecule has 1 N–H and O–H groups in total. The highest BCUT2D eigenvalue weighted by molar-refractivity contribution is 5.66. The standard InChI is InChI=1S/C13H21NO2/c1-2-3-5-10-14-11-6-4-7-12(14)8-9-13(15)16/h1,12H,3-11H2,(H,15,16). The lowest BCUT2D eigenvalue weighted by Crippen LogP contribution is -2.40. The second kappa shape index (κ2) is 7.29. The number of unbranched alkanes of at least 4 members (excludes halogenated alkanes) is 1. The molecule has 1 fully saturated rings. The summed E-state index contributed by atoms with van der Waals surface area (Å²) in [5, 5.41) is 8.70. The maximum atomic E-state index is 10.6. The number of hydrogen-bond acceptors (Lipinski definition) is 2. The fourth-order valence-corrected chi connectivity index (χ4v) is 2.36. The van der Waals surface area contributed by atoms with Gasteiger partial charge in [-0.2, -0.15) is 0 Å². The first-order valence-corrected chi connectivity index (χ1v) is 6.13. The van der Waals surface area contributed by atoms with Crippen LogP contribution in [0.1, 0.15) is 44.9 Å². The van der Waals surface area contributed by atoms with Crippen molar-refractivity contribution in [2.45, 2.75) is 51.0 Å². The lowest BCUT2D eigenvalue weighted by molar-refractivity contribution is -0.137. The van der Waals surface area contributed by atoms with Crippen LogP contribution in [0, 0.1) is 12.3 Å². The van der Waals surface area contributed by atoms with E-state index < -0.39 is 5.97 Å². The molecule has 1 aliphatic rings. The van der Waals surface area contributed by atoms with Crippen LogP contribution in [0.2, 0.25) is 0 Å². The molecule has 1 heterocycles. The molecule has 1 rings (SSSR count). The highest BCUT2D eigenvalue weighted by atomic mass is 16.4. The smallest absolute Gasteiger partial charge is 0.303 e. The van der Waals surface area contributed by atoms with Gasteiger partial charge in [0.25, 0.3) is 0 Å². The Balaban J connectivity index is 2.32. The van der Waals surface area contributed by atoms with Crippen molar-refractivity contribution in [1.82, 2.24) is 4.90 Å². The quantitative estimate of drug-likeness (QED) is 0.554. The first-order valence-electron chi connectivity index (χ1n) is 6.13. The first kappa shape index (κ1) is 13.1. The number of carboxylic acid groups (broad SMARTS) is 1. The molecular weight excluding hydrogens is 202 g/mol. The zero-order valence-electron chi connectivity index (χ0n) is 9.82. The van der Waals surface area contributed by atoms with Crippen LogP contribution in [0.4, 0.5) is 0 Å². The number of carboxylic acids is 1. The molecule has 16 heavy (non-hydrogen) atoms. The Labute approximate surface area is 97.8 Å². The topological polar surface area (TPSA) is 40.5 Å². The maximum Gasteiger partial charge on any atom is 0.303 e. The van der Waals surface area contributed by atoms with Crippen LogP contribution in [-0.2, 0) is 4.79 Å². The molecule has 0 aromatic carbocycles. The normalized spacial score (nSPS) is 21.6. The van der Waals surface area contributed by atoms with E-state index >= 15 is 0 Å². The molecule has 3 heteroatoms. The molecule has 0 aromatic rings. The van der Waals surface area contributed by atoms with E-state index in [1.807, 2.05) is 0 Å². The second-order valence-electron chi connectivity index (χ2n) is 4.43. The van der Waals surface area contributed by atoms with Crippen molar-refractivity contribution in [3.8, 4) is 12.3 Å². The molecule has 0 radical (unpaired) electrons. The van der Waals surface area contributed by atoms with E-state index in [2.05, 4.69) is 10.8 Å². The van der Waals surface area contributed by atoms with Gasteiger partial charge in [0.05, 0.1) is 0 Å². The fourth-order valence-electron chi connectivity index (χ4n) is 2.36. The maximum absolute atomic E-state index is 10.6. The third-order valence-electron chi connectivity index (χ3n) is 3.21. The van der Waals surface area contributed by atoms with Crippen molar-refractivity contribution in [2.24, 2.45) is 0 Å².